The topological polar surface area (TPSA) is 87.7 Å². The van der Waals surface area contributed by atoms with E-state index in [9.17, 15) is 9.90 Å². The minimum Gasteiger partial charge on any atom is -0.481 e. The lowest BCUT2D eigenvalue weighted by Gasteiger charge is -2.27. The molecule has 24 heavy (non-hydrogen) atoms. The Morgan fingerprint density at radius 1 is 1.50 bits per heavy atom. The Hall–Kier alpha value is -2.56. The second-order valence-electron chi connectivity index (χ2n) is 6.13. The lowest BCUT2D eigenvalue weighted by Crippen LogP contribution is -2.44. The van der Waals surface area contributed by atoms with Gasteiger partial charge in [-0.15, -0.1) is 0 Å². The summed E-state index contributed by atoms with van der Waals surface area (Å²) in [7, 11) is 0. The number of carboxylic acid groups (broad SMARTS) is 1. The highest BCUT2D eigenvalue weighted by atomic mass is 16.4. The molecule has 5 nitrogen and oxygen atoms in total. The summed E-state index contributed by atoms with van der Waals surface area (Å²) < 4.78 is 0. The van der Waals surface area contributed by atoms with Crippen LogP contribution in [0.4, 0.5) is 0 Å². The zero-order valence-corrected chi connectivity index (χ0v) is 14.2. The predicted octanol–water partition coefficient (Wildman–Crippen LogP) is 2.70. The van der Waals surface area contributed by atoms with Gasteiger partial charge in [-0.25, -0.2) is 0 Å². The molecule has 0 saturated heterocycles. The van der Waals surface area contributed by atoms with E-state index in [0.717, 1.165) is 24.0 Å². The molecular formula is C19H25N3O2. The van der Waals surface area contributed by atoms with Gasteiger partial charge in [-0.3, -0.25) is 9.79 Å². The normalized spacial score (nSPS) is 24.4. The molecule has 0 spiro atoms. The van der Waals surface area contributed by atoms with Crippen LogP contribution in [0, 0.1) is 5.92 Å². The van der Waals surface area contributed by atoms with Crippen LogP contribution >= 0.6 is 0 Å². The number of nitrogens with zero attached hydrogens (tertiary/aromatic N) is 1. The highest BCUT2D eigenvalue weighted by Crippen LogP contribution is 2.20. The van der Waals surface area contributed by atoms with Crippen molar-refractivity contribution in [1.29, 1.82) is 0 Å². The molecular weight excluding hydrogens is 302 g/mol. The van der Waals surface area contributed by atoms with Crippen LogP contribution in [0.3, 0.4) is 0 Å². The van der Waals surface area contributed by atoms with E-state index in [-0.39, 0.29) is 6.04 Å². The first kappa shape index (κ1) is 17.8. The second-order valence-corrected chi connectivity index (χ2v) is 6.13. The molecule has 0 aromatic rings. The van der Waals surface area contributed by atoms with Crippen molar-refractivity contribution in [2.75, 3.05) is 6.54 Å². The van der Waals surface area contributed by atoms with E-state index < -0.39 is 11.9 Å². The van der Waals surface area contributed by atoms with Gasteiger partial charge in [0.2, 0.25) is 0 Å². The van der Waals surface area contributed by atoms with Gasteiger partial charge in [-0.1, -0.05) is 36.5 Å². The van der Waals surface area contributed by atoms with Crippen molar-refractivity contribution in [3.8, 4) is 0 Å². The summed E-state index contributed by atoms with van der Waals surface area (Å²) in [6, 6.07) is -0.335. The van der Waals surface area contributed by atoms with Crippen LogP contribution in [0.5, 0.6) is 0 Å². The molecule has 0 aliphatic heterocycles. The molecule has 0 aromatic carbocycles. The summed E-state index contributed by atoms with van der Waals surface area (Å²) in [5.74, 6) is -0.878. The minimum absolute atomic E-state index is 0.335. The maximum Gasteiger partial charge on any atom is 0.312 e. The number of allylic oxidation sites excluding steroid dienone is 5. The Balaban J connectivity index is 2.18. The molecule has 2 aliphatic rings. The fourth-order valence-electron chi connectivity index (χ4n) is 2.72. The fraction of sp³-hybridized carbons (Fsp3) is 0.368. The molecule has 2 aliphatic carbocycles. The summed E-state index contributed by atoms with van der Waals surface area (Å²) in [6.07, 6.45) is 15.6. The number of rotatable bonds is 5. The number of carboxylic acids is 1. The first-order valence-electron chi connectivity index (χ1n) is 8.15. The van der Waals surface area contributed by atoms with E-state index in [2.05, 4.69) is 28.5 Å². The van der Waals surface area contributed by atoms with Gasteiger partial charge in [0.25, 0.3) is 0 Å². The van der Waals surface area contributed by atoms with E-state index >= 15 is 0 Å². The molecule has 5 heteroatoms. The van der Waals surface area contributed by atoms with Crippen LogP contribution in [-0.4, -0.2) is 29.5 Å². The lowest BCUT2D eigenvalue weighted by atomic mass is 9.89. The van der Waals surface area contributed by atoms with Crippen LogP contribution in [0.15, 0.2) is 64.4 Å². The molecule has 4 N–H and O–H groups in total. The molecule has 0 saturated carbocycles. The van der Waals surface area contributed by atoms with Crippen molar-refractivity contribution in [2.24, 2.45) is 16.6 Å². The van der Waals surface area contributed by atoms with Crippen molar-refractivity contribution in [2.45, 2.75) is 32.7 Å². The Bertz CT molecular complexity index is 662. The average molecular weight is 327 g/mol. The third-order valence-corrected chi connectivity index (χ3v) is 3.98. The van der Waals surface area contributed by atoms with Crippen molar-refractivity contribution < 1.29 is 9.90 Å². The lowest BCUT2D eigenvalue weighted by molar-refractivity contribution is -0.140. The van der Waals surface area contributed by atoms with Crippen LogP contribution in [-0.2, 0) is 4.79 Å². The maximum absolute atomic E-state index is 11.5. The smallest absolute Gasteiger partial charge is 0.312 e. The summed E-state index contributed by atoms with van der Waals surface area (Å²) in [6.45, 7) is 4.25. The molecule has 0 aromatic heterocycles. The van der Waals surface area contributed by atoms with Gasteiger partial charge >= 0.3 is 5.97 Å². The fourth-order valence-corrected chi connectivity index (χ4v) is 2.72. The summed E-state index contributed by atoms with van der Waals surface area (Å²) in [5.41, 5.74) is 8.54. The largest absolute Gasteiger partial charge is 0.481 e. The maximum atomic E-state index is 11.5. The zero-order valence-electron chi connectivity index (χ0n) is 14.2. The number of nitrogens with one attached hydrogen (secondary N) is 1. The minimum atomic E-state index is -0.859. The van der Waals surface area contributed by atoms with Crippen molar-refractivity contribution >= 4 is 11.8 Å². The third-order valence-electron chi connectivity index (χ3n) is 3.98. The zero-order chi connectivity index (χ0) is 17.5. The quantitative estimate of drug-likeness (QED) is 0.535. The summed E-state index contributed by atoms with van der Waals surface area (Å²) in [5, 5.41) is 12.7. The predicted molar refractivity (Wildman–Crippen MR) is 97.6 cm³/mol. The van der Waals surface area contributed by atoms with Crippen molar-refractivity contribution in [3.63, 3.8) is 0 Å². The Morgan fingerprint density at radius 3 is 2.92 bits per heavy atom. The van der Waals surface area contributed by atoms with Gasteiger partial charge in [0, 0.05) is 5.70 Å². The van der Waals surface area contributed by atoms with Crippen LogP contribution in [0.2, 0.25) is 0 Å². The van der Waals surface area contributed by atoms with E-state index in [4.69, 9.17) is 5.73 Å². The number of hydrogen-bond acceptors (Lipinski definition) is 3. The third kappa shape index (κ3) is 4.98. The molecule has 0 heterocycles. The molecule has 0 fully saturated rings. The molecule has 2 rings (SSSR count). The molecule has 0 bridgehead atoms. The SMILES string of the molecule is CC(N)=CC(=NCC1=CCCC=C1)NC1C(C)=CC=CC1C(=O)O. The van der Waals surface area contributed by atoms with Gasteiger partial charge < -0.3 is 16.2 Å². The molecule has 128 valence electrons. The standard InChI is InChI=1S/C19H25N3O2/c1-13-7-6-10-16(19(23)24)18(13)22-17(11-14(2)20)21-12-15-8-4-3-5-9-15/h4,6-11,16,18H,3,5,12,20H2,1-2H3,(H,21,22)(H,23,24). The van der Waals surface area contributed by atoms with Crippen LogP contribution < -0.4 is 11.1 Å². The second kappa shape index (κ2) is 8.34. The number of nitrogens with two attached hydrogens (primary N) is 1. The van der Waals surface area contributed by atoms with Crippen molar-refractivity contribution in [3.05, 3.63) is 59.4 Å². The molecule has 2 atom stereocenters. The average Bonchev–Trinajstić information content (AvgIpc) is 2.54. The highest BCUT2D eigenvalue weighted by molar-refractivity contribution is 5.94. The Kier molecular flexibility index (Phi) is 6.18. The van der Waals surface area contributed by atoms with Gasteiger partial charge in [0.15, 0.2) is 0 Å². The van der Waals surface area contributed by atoms with Crippen molar-refractivity contribution in [1.82, 2.24) is 5.32 Å². The first-order chi connectivity index (χ1) is 11.5. The number of amidine groups is 1. The van der Waals surface area contributed by atoms with E-state index in [1.807, 2.05) is 13.0 Å². The van der Waals surface area contributed by atoms with Gasteiger partial charge in [0.05, 0.1) is 18.5 Å². The molecule has 0 amide bonds. The van der Waals surface area contributed by atoms with E-state index in [1.165, 1.54) is 0 Å². The summed E-state index contributed by atoms with van der Waals surface area (Å²) >= 11 is 0. The van der Waals surface area contributed by atoms with Gasteiger partial charge in [-0.05, 0) is 43.9 Å². The van der Waals surface area contributed by atoms with E-state index in [0.29, 0.717) is 18.1 Å². The van der Waals surface area contributed by atoms with E-state index in [1.54, 1.807) is 25.2 Å². The number of aliphatic carboxylic acids is 1. The van der Waals surface area contributed by atoms with Crippen LogP contribution in [0.25, 0.3) is 0 Å². The number of aliphatic imine (C=N–C) groups is 1. The number of carbonyl (C=O) groups is 1. The monoisotopic (exact) mass is 327 g/mol. The van der Waals surface area contributed by atoms with Gasteiger partial charge in [0.1, 0.15) is 5.84 Å². The first-order valence-corrected chi connectivity index (χ1v) is 8.15. The molecule has 0 radical (unpaired) electrons. The van der Waals surface area contributed by atoms with Gasteiger partial charge in [-0.2, -0.15) is 0 Å². The number of hydrogen-bond donors (Lipinski definition) is 3. The Morgan fingerprint density at radius 2 is 2.29 bits per heavy atom. The summed E-state index contributed by atoms with van der Waals surface area (Å²) in [4.78, 5) is 16.1. The molecule has 2 unspecified atom stereocenters. The Labute approximate surface area is 143 Å². The van der Waals surface area contributed by atoms with Crippen LogP contribution in [0.1, 0.15) is 26.7 Å². The highest BCUT2D eigenvalue weighted by Gasteiger charge is 2.29.